The molecule has 2 saturated heterocycles. The second kappa shape index (κ2) is 7.10. The molecule has 0 aliphatic carbocycles. The van der Waals surface area contributed by atoms with E-state index in [-0.39, 0.29) is 0 Å². The van der Waals surface area contributed by atoms with Gasteiger partial charge in [0.2, 0.25) is 5.91 Å². The number of carbonyl (C=O) groups excluding carboxylic acids is 1. The van der Waals surface area contributed by atoms with E-state index >= 15 is 0 Å². The number of hydrogen-bond acceptors (Lipinski definition) is 3. The lowest BCUT2D eigenvalue weighted by atomic mass is 10.1. The first-order chi connectivity index (χ1) is 8.81. The zero-order valence-corrected chi connectivity index (χ0v) is 11.4. The van der Waals surface area contributed by atoms with E-state index in [1.807, 2.05) is 0 Å². The Hall–Kier alpha value is -0.610. The molecule has 4 heteroatoms. The maximum atomic E-state index is 12.1. The highest BCUT2D eigenvalue weighted by molar-refractivity contribution is 5.76. The molecule has 1 atom stereocenters. The molecule has 104 valence electrons. The SMILES string of the molecule is NCCCCCCC(=O)N1CCN2CCCC2C1. The summed E-state index contributed by atoms with van der Waals surface area (Å²) < 4.78 is 0. The zero-order valence-electron chi connectivity index (χ0n) is 11.4. The summed E-state index contributed by atoms with van der Waals surface area (Å²) >= 11 is 0. The van der Waals surface area contributed by atoms with Gasteiger partial charge in [0.15, 0.2) is 0 Å². The molecule has 2 heterocycles. The van der Waals surface area contributed by atoms with Crippen molar-refractivity contribution in [3.05, 3.63) is 0 Å². The van der Waals surface area contributed by atoms with Gasteiger partial charge in [-0.15, -0.1) is 0 Å². The Kier molecular flexibility index (Phi) is 5.45. The molecule has 2 rings (SSSR count). The molecule has 2 N–H and O–H groups in total. The van der Waals surface area contributed by atoms with Crippen LogP contribution in [-0.4, -0.2) is 54.5 Å². The Morgan fingerprint density at radius 2 is 1.94 bits per heavy atom. The van der Waals surface area contributed by atoms with Gasteiger partial charge in [0, 0.05) is 32.1 Å². The Balaban J connectivity index is 1.63. The van der Waals surface area contributed by atoms with Gasteiger partial charge < -0.3 is 10.6 Å². The Labute approximate surface area is 110 Å². The van der Waals surface area contributed by atoms with Crippen molar-refractivity contribution in [1.29, 1.82) is 0 Å². The number of carbonyl (C=O) groups is 1. The molecule has 2 aliphatic heterocycles. The monoisotopic (exact) mass is 253 g/mol. The van der Waals surface area contributed by atoms with E-state index in [0.717, 1.165) is 51.9 Å². The minimum absolute atomic E-state index is 0.370. The van der Waals surface area contributed by atoms with Gasteiger partial charge in [0.05, 0.1) is 0 Å². The van der Waals surface area contributed by atoms with Crippen molar-refractivity contribution in [2.45, 2.75) is 51.0 Å². The Bertz CT molecular complexity index is 270. The Morgan fingerprint density at radius 1 is 1.11 bits per heavy atom. The van der Waals surface area contributed by atoms with Crippen LogP contribution in [0, 0.1) is 0 Å². The molecule has 18 heavy (non-hydrogen) atoms. The first-order valence-electron chi connectivity index (χ1n) is 7.53. The van der Waals surface area contributed by atoms with Crippen molar-refractivity contribution in [3.8, 4) is 0 Å². The molecule has 2 aliphatic rings. The summed E-state index contributed by atoms with van der Waals surface area (Å²) in [6, 6.07) is 0.653. The van der Waals surface area contributed by atoms with Gasteiger partial charge in [-0.25, -0.2) is 0 Å². The summed E-state index contributed by atoms with van der Waals surface area (Å²) in [5, 5.41) is 0. The van der Waals surface area contributed by atoms with Gasteiger partial charge in [-0.2, -0.15) is 0 Å². The molecule has 1 amide bonds. The summed E-state index contributed by atoms with van der Waals surface area (Å²) in [4.78, 5) is 16.7. The van der Waals surface area contributed by atoms with Gasteiger partial charge in [-0.3, -0.25) is 9.69 Å². The summed E-state index contributed by atoms with van der Waals surface area (Å²) in [7, 11) is 0. The lowest BCUT2D eigenvalue weighted by molar-refractivity contribution is -0.133. The van der Waals surface area contributed by atoms with Crippen molar-refractivity contribution >= 4 is 5.91 Å². The molecule has 4 nitrogen and oxygen atoms in total. The first-order valence-corrected chi connectivity index (χ1v) is 7.53. The summed E-state index contributed by atoms with van der Waals surface area (Å²) in [5.74, 6) is 0.370. The van der Waals surface area contributed by atoms with Crippen LogP contribution in [0.15, 0.2) is 0 Å². The minimum atomic E-state index is 0.370. The fraction of sp³-hybridized carbons (Fsp3) is 0.929. The molecular weight excluding hydrogens is 226 g/mol. The normalized spacial score (nSPS) is 24.3. The second-order valence-electron chi connectivity index (χ2n) is 5.62. The zero-order chi connectivity index (χ0) is 12.8. The fourth-order valence-electron chi connectivity index (χ4n) is 3.15. The average Bonchev–Trinajstić information content (AvgIpc) is 2.85. The van der Waals surface area contributed by atoms with Gasteiger partial charge in [0.1, 0.15) is 0 Å². The van der Waals surface area contributed by atoms with Gasteiger partial charge >= 0.3 is 0 Å². The number of nitrogens with two attached hydrogens (primary N) is 1. The van der Waals surface area contributed by atoms with E-state index < -0.39 is 0 Å². The maximum absolute atomic E-state index is 12.1. The van der Waals surface area contributed by atoms with E-state index in [9.17, 15) is 4.79 Å². The minimum Gasteiger partial charge on any atom is -0.340 e. The van der Waals surface area contributed by atoms with Gasteiger partial charge in [-0.1, -0.05) is 12.8 Å². The summed E-state index contributed by atoms with van der Waals surface area (Å²) in [5.41, 5.74) is 5.46. The molecule has 0 spiro atoms. The number of amides is 1. The predicted molar refractivity (Wildman–Crippen MR) is 73.3 cm³/mol. The van der Waals surface area contributed by atoms with Gasteiger partial charge in [0.25, 0.3) is 0 Å². The number of piperazine rings is 1. The van der Waals surface area contributed by atoms with Crippen LogP contribution in [0.3, 0.4) is 0 Å². The molecule has 2 fully saturated rings. The molecular formula is C14H27N3O. The predicted octanol–water partition coefficient (Wildman–Crippen LogP) is 1.20. The molecule has 1 unspecified atom stereocenters. The van der Waals surface area contributed by atoms with Crippen LogP contribution in [-0.2, 0) is 4.79 Å². The fourth-order valence-corrected chi connectivity index (χ4v) is 3.15. The molecule has 0 saturated carbocycles. The van der Waals surface area contributed by atoms with Crippen LogP contribution in [0.5, 0.6) is 0 Å². The van der Waals surface area contributed by atoms with Crippen molar-refractivity contribution < 1.29 is 4.79 Å². The van der Waals surface area contributed by atoms with Crippen LogP contribution in [0.1, 0.15) is 44.9 Å². The number of rotatable bonds is 6. The van der Waals surface area contributed by atoms with E-state index in [1.165, 1.54) is 25.8 Å². The third kappa shape index (κ3) is 3.69. The third-order valence-corrected chi connectivity index (χ3v) is 4.28. The molecule has 0 aromatic heterocycles. The van der Waals surface area contributed by atoms with Crippen LogP contribution in [0.25, 0.3) is 0 Å². The van der Waals surface area contributed by atoms with Crippen molar-refractivity contribution in [2.75, 3.05) is 32.7 Å². The largest absolute Gasteiger partial charge is 0.340 e. The first kappa shape index (κ1) is 13.8. The average molecular weight is 253 g/mol. The Morgan fingerprint density at radius 3 is 2.78 bits per heavy atom. The number of nitrogens with zero attached hydrogens (tertiary/aromatic N) is 2. The van der Waals surface area contributed by atoms with E-state index in [2.05, 4.69) is 9.80 Å². The standard InChI is InChI=1S/C14H27N3O/c15-8-4-2-1-3-7-14(18)17-11-10-16-9-5-6-13(16)12-17/h13H,1-12,15H2. The van der Waals surface area contributed by atoms with Gasteiger partial charge in [-0.05, 0) is 38.8 Å². The van der Waals surface area contributed by atoms with E-state index in [4.69, 9.17) is 5.73 Å². The summed E-state index contributed by atoms with van der Waals surface area (Å²) in [6.45, 7) is 5.02. The van der Waals surface area contributed by atoms with Crippen LogP contribution in [0.4, 0.5) is 0 Å². The van der Waals surface area contributed by atoms with Crippen molar-refractivity contribution in [2.24, 2.45) is 5.73 Å². The number of fused-ring (bicyclic) bond motifs is 1. The van der Waals surface area contributed by atoms with Crippen LogP contribution >= 0.6 is 0 Å². The highest BCUT2D eigenvalue weighted by Gasteiger charge is 2.31. The van der Waals surface area contributed by atoms with E-state index in [1.54, 1.807) is 0 Å². The van der Waals surface area contributed by atoms with E-state index in [0.29, 0.717) is 11.9 Å². The van der Waals surface area contributed by atoms with Crippen LogP contribution in [0.2, 0.25) is 0 Å². The highest BCUT2D eigenvalue weighted by Crippen LogP contribution is 2.22. The summed E-state index contributed by atoms with van der Waals surface area (Å²) in [6.07, 6.45) is 7.76. The smallest absolute Gasteiger partial charge is 0.222 e. The lowest BCUT2D eigenvalue weighted by Gasteiger charge is -2.37. The molecule has 0 radical (unpaired) electrons. The number of hydrogen-bond donors (Lipinski definition) is 1. The maximum Gasteiger partial charge on any atom is 0.222 e. The lowest BCUT2D eigenvalue weighted by Crippen LogP contribution is -2.52. The van der Waals surface area contributed by atoms with Crippen molar-refractivity contribution in [3.63, 3.8) is 0 Å². The third-order valence-electron chi connectivity index (χ3n) is 4.28. The highest BCUT2D eigenvalue weighted by atomic mass is 16.2. The van der Waals surface area contributed by atoms with Crippen LogP contribution < -0.4 is 5.73 Å². The second-order valence-corrected chi connectivity index (χ2v) is 5.62. The topological polar surface area (TPSA) is 49.6 Å². The molecule has 0 bridgehead atoms. The quantitative estimate of drug-likeness (QED) is 0.724. The van der Waals surface area contributed by atoms with Crippen molar-refractivity contribution in [1.82, 2.24) is 9.80 Å². The number of unbranched alkanes of at least 4 members (excludes halogenated alkanes) is 3. The molecule has 0 aromatic rings. The molecule has 0 aromatic carbocycles.